The number of alkyl halides is 1. The molecule has 0 N–H and O–H groups in total. The van der Waals surface area contributed by atoms with Gasteiger partial charge in [0.2, 0.25) is 0 Å². The van der Waals surface area contributed by atoms with Crippen molar-refractivity contribution in [1.82, 2.24) is 14.5 Å². The van der Waals surface area contributed by atoms with Crippen molar-refractivity contribution in [3.8, 4) is 0 Å². The van der Waals surface area contributed by atoms with Crippen LogP contribution in [0.25, 0.3) is 11.2 Å². The maximum atomic E-state index is 6.30. The molecule has 1 atom stereocenters. The highest BCUT2D eigenvalue weighted by molar-refractivity contribution is 6.20. The van der Waals surface area contributed by atoms with Gasteiger partial charge in [0.1, 0.15) is 11.3 Å². The Morgan fingerprint density at radius 2 is 2.11 bits per heavy atom. The van der Waals surface area contributed by atoms with E-state index in [1.165, 1.54) is 31.2 Å². The van der Waals surface area contributed by atoms with Gasteiger partial charge >= 0.3 is 0 Å². The van der Waals surface area contributed by atoms with Gasteiger partial charge in [-0.05, 0) is 38.3 Å². The molecular weight excluding hydrogens is 246 g/mol. The molecule has 4 heteroatoms. The molecule has 1 fully saturated rings. The Morgan fingerprint density at radius 3 is 2.78 bits per heavy atom. The van der Waals surface area contributed by atoms with E-state index in [0.29, 0.717) is 6.04 Å². The van der Waals surface area contributed by atoms with Gasteiger partial charge in [0.05, 0.1) is 5.38 Å². The number of hydrogen-bond donors (Lipinski definition) is 0. The third-order valence-corrected chi connectivity index (χ3v) is 4.05. The number of nitrogens with zero attached hydrogens (tertiary/aromatic N) is 3. The minimum absolute atomic E-state index is 0.0702. The second-order valence-corrected chi connectivity index (χ2v) is 5.85. The molecule has 1 saturated carbocycles. The smallest absolute Gasteiger partial charge is 0.160 e. The van der Waals surface area contributed by atoms with Crippen LogP contribution in [0.15, 0.2) is 12.3 Å². The number of fused-ring (bicyclic) bond motifs is 1. The summed E-state index contributed by atoms with van der Waals surface area (Å²) >= 11 is 6.30. The summed E-state index contributed by atoms with van der Waals surface area (Å²) in [5, 5.41) is -0.0702. The van der Waals surface area contributed by atoms with E-state index < -0.39 is 0 Å². The van der Waals surface area contributed by atoms with Crippen molar-refractivity contribution in [3.63, 3.8) is 0 Å². The zero-order valence-corrected chi connectivity index (χ0v) is 11.6. The molecule has 0 aromatic carbocycles. The predicted octanol–water partition coefficient (Wildman–Crippen LogP) is 4.15. The largest absolute Gasteiger partial charge is 0.308 e. The van der Waals surface area contributed by atoms with Gasteiger partial charge in [0, 0.05) is 12.2 Å². The third-order valence-electron chi connectivity index (χ3n) is 3.85. The molecule has 0 radical (unpaired) electrons. The van der Waals surface area contributed by atoms with Gasteiger partial charge in [-0.25, -0.2) is 9.97 Å². The maximum absolute atomic E-state index is 6.30. The van der Waals surface area contributed by atoms with Crippen LogP contribution in [0.4, 0.5) is 0 Å². The van der Waals surface area contributed by atoms with Crippen LogP contribution in [-0.2, 0) is 0 Å². The summed E-state index contributed by atoms with van der Waals surface area (Å²) in [7, 11) is 0. The maximum Gasteiger partial charge on any atom is 0.160 e. The van der Waals surface area contributed by atoms with Gasteiger partial charge in [-0.3, -0.25) is 0 Å². The Labute approximate surface area is 112 Å². The van der Waals surface area contributed by atoms with Crippen molar-refractivity contribution in [2.24, 2.45) is 0 Å². The van der Waals surface area contributed by atoms with Crippen LogP contribution < -0.4 is 0 Å². The van der Waals surface area contributed by atoms with Crippen LogP contribution in [-0.4, -0.2) is 14.5 Å². The molecule has 1 aliphatic rings. The zero-order chi connectivity index (χ0) is 12.7. The summed E-state index contributed by atoms with van der Waals surface area (Å²) < 4.78 is 2.28. The second-order valence-electron chi connectivity index (χ2n) is 5.19. The molecule has 0 amide bonds. The standard InChI is InChI=1S/C14H18ClN3/c1-9-7-8-16-14-12(9)17-13(10(2)15)18(14)11-5-3-4-6-11/h7-8,10-11H,3-6H2,1-2H3. The van der Waals surface area contributed by atoms with Crippen molar-refractivity contribution in [2.45, 2.75) is 50.9 Å². The van der Waals surface area contributed by atoms with E-state index in [0.717, 1.165) is 17.0 Å². The Bertz CT molecular complexity index is 568. The molecule has 2 heterocycles. The first kappa shape index (κ1) is 12.0. The van der Waals surface area contributed by atoms with Crippen molar-refractivity contribution in [2.75, 3.05) is 0 Å². The van der Waals surface area contributed by atoms with Gasteiger partial charge in [-0.2, -0.15) is 0 Å². The molecule has 0 saturated heterocycles. The first-order valence-corrected chi connectivity index (χ1v) is 7.09. The Kier molecular flexibility index (Phi) is 3.02. The summed E-state index contributed by atoms with van der Waals surface area (Å²) in [6, 6.07) is 2.54. The van der Waals surface area contributed by atoms with Gasteiger partial charge < -0.3 is 4.57 Å². The summed E-state index contributed by atoms with van der Waals surface area (Å²) in [6.45, 7) is 4.07. The van der Waals surface area contributed by atoms with Crippen LogP contribution in [0, 0.1) is 6.92 Å². The fourth-order valence-corrected chi connectivity index (χ4v) is 3.08. The van der Waals surface area contributed by atoms with Crippen LogP contribution in [0.1, 0.15) is 55.4 Å². The molecule has 3 rings (SSSR count). The number of halogens is 1. The van der Waals surface area contributed by atoms with Crippen LogP contribution in [0.2, 0.25) is 0 Å². The monoisotopic (exact) mass is 263 g/mol. The average Bonchev–Trinajstić information content (AvgIpc) is 2.94. The molecule has 2 aromatic heterocycles. The highest BCUT2D eigenvalue weighted by atomic mass is 35.5. The highest BCUT2D eigenvalue weighted by Crippen LogP contribution is 2.36. The zero-order valence-electron chi connectivity index (χ0n) is 10.9. The van der Waals surface area contributed by atoms with Crippen molar-refractivity contribution < 1.29 is 0 Å². The Hall–Kier alpha value is -1.09. The van der Waals surface area contributed by atoms with Gasteiger partial charge in [-0.1, -0.05) is 12.8 Å². The van der Waals surface area contributed by atoms with E-state index in [1.54, 1.807) is 0 Å². The molecule has 0 spiro atoms. The number of aryl methyl sites for hydroxylation is 1. The van der Waals surface area contributed by atoms with Gasteiger partial charge in [-0.15, -0.1) is 11.6 Å². The molecular formula is C14H18ClN3. The lowest BCUT2D eigenvalue weighted by Crippen LogP contribution is -2.10. The number of rotatable bonds is 2. The summed E-state index contributed by atoms with van der Waals surface area (Å²) in [6.07, 6.45) is 6.90. The van der Waals surface area contributed by atoms with Crippen molar-refractivity contribution in [1.29, 1.82) is 0 Å². The quantitative estimate of drug-likeness (QED) is 0.762. The van der Waals surface area contributed by atoms with E-state index in [1.807, 2.05) is 19.2 Å². The molecule has 3 nitrogen and oxygen atoms in total. The van der Waals surface area contributed by atoms with E-state index in [9.17, 15) is 0 Å². The SMILES string of the molecule is Cc1ccnc2c1nc(C(C)Cl)n2C1CCCC1. The normalized spacial score (nSPS) is 18.6. The lowest BCUT2D eigenvalue weighted by molar-refractivity contribution is 0.507. The predicted molar refractivity (Wildman–Crippen MR) is 74.0 cm³/mol. The minimum Gasteiger partial charge on any atom is -0.308 e. The van der Waals surface area contributed by atoms with E-state index in [2.05, 4.69) is 16.5 Å². The molecule has 1 unspecified atom stereocenters. The summed E-state index contributed by atoms with van der Waals surface area (Å²) in [4.78, 5) is 9.26. The lowest BCUT2D eigenvalue weighted by atomic mass is 10.2. The molecule has 0 bridgehead atoms. The van der Waals surface area contributed by atoms with Crippen molar-refractivity contribution in [3.05, 3.63) is 23.7 Å². The number of aromatic nitrogens is 3. The molecule has 1 aliphatic carbocycles. The van der Waals surface area contributed by atoms with Gasteiger partial charge in [0.15, 0.2) is 5.65 Å². The summed E-state index contributed by atoms with van der Waals surface area (Å²) in [5.41, 5.74) is 3.19. The highest BCUT2D eigenvalue weighted by Gasteiger charge is 2.25. The number of hydrogen-bond acceptors (Lipinski definition) is 2. The lowest BCUT2D eigenvalue weighted by Gasteiger charge is -2.16. The van der Waals surface area contributed by atoms with Crippen LogP contribution in [0.3, 0.4) is 0 Å². The Balaban J connectivity index is 2.25. The molecule has 0 aliphatic heterocycles. The third kappa shape index (κ3) is 1.81. The van der Waals surface area contributed by atoms with Crippen LogP contribution >= 0.6 is 11.6 Å². The fraction of sp³-hybridized carbons (Fsp3) is 0.571. The van der Waals surface area contributed by atoms with Crippen molar-refractivity contribution >= 4 is 22.8 Å². The van der Waals surface area contributed by atoms with E-state index in [4.69, 9.17) is 16.6 Å². The van der Waals surface area contributed by atoms with Crippen LogP contribution in [0.5, 0.6) is 0 Å². The fourth-order valence-electron chi connectivity index (χ4n) is 2.93. The second kappa shape index (κ2) is 4.54. The topological polar surface area (TPSA) is 30.7 Å². The van der Waals surface area contributed by atoms with Gasteiger partial charge in [0.25, 0.3) is 0 Å². The average molecular weight is 264 g/mol. The number of imidazole rings is 1. The molecule has 18 heavy (non-hydrogen) atoms. The Morgan fingerprint density at radius 1 is 1.39 bits per heavy atom. The first-order chi connectivity index (χ1) is 8.68. The van der Waals surface area contributed by atoms with E-state index >= 15 is 0 Å². The van der Waals surface area contributed by atoms with E-state index in [-0.39, 0.29) is 5.38 Å². The number of pyridine rings is 1. The molecule has 96 valence electrons. The minimum atomic E-state index is -0.0702. The first-order valence-electron chi connectivity index (χ1n) is 6.66. The molecule has 2 aromatic rings. The summed E-state index contributed by atoms with van der Waals surface area (Å²) in [5.74, 6) is 0.973.